The fourth-order valence-corrected chi connectivity index (χ4v) is 4.17. The lowest BCUT2D eigenvalue weighted by molar-refractivity contribution is -0.146. The number of ether oxygens (including phenoxy) is 1. The minimum absolute atomic E-state index is 0.0415. The molecule has 7 nitrogen and oxygen atoms in total. The third-order valence-corrected chi connectivity index (χ3v) is 5.74. The SMILES string of the molecule is CN(C)C(=O)c1cn[nH]c1C1CCN(C(=O)[C@@H]2OCCc3ccccc32)CC1. The molecule has 0 spiro atoms. The van der Waals surface area contributed by atoms with E-state index in [-0.39, 0.29) is 17.7 Å². The van der Waals surface area contributed by atoms with Gasteiger partial charge < -0.3 is 14.5 Å². The van der Waals surface area contributed by atoms with Gasteiger partial charge in [0.1, 0.15) is 0 Å². The van der Waals surface area contributed by atoms with E-state index < -0.39 is 6.10 Å². The van der Waals surface area contributed by atoms with Crippen LogP contribution >= 0.6 is 0 Å². The van der Waals surface area contributed by atoms with Gasteiger partial charge >= 0.3 is 0 Å². The Labute approximate surface area is 164 Å². The van der Waals surface area contributed by atoms with Crippen LogP contribution in [-0.2, 0) is 16.0 Å². The number of rotatable bonds is 3. The Balaban J connectivity index is 1.44. The lowest BCUT2D eigenvalue weighted by Crippen LogP contribution is -2.42. The quantitative estimate of drug-likeness (QED) is 0.882. The standard InChI is InChI=1S/C21H26N4O3/c1-24(2)20(26)17-13-22-23-18(17)15-7-10-25(11-8-15)21(27)19-16-6-4-3-5-14(16)9-12-28-19/h3-6,13,15,19H,7-12H2,1-2H3,(H,22,23)/t19-/m1/s1. The first-order chi connectivity index (χ1) is 13.6. The second kappa shape index (κ2) is 7.75. The third kappa shape index (κ3) is 3.42. The fourth-order valence-electron chi connectivity index (χ4n) is 4.17. The number of carbonyl (C=O) groups excluding carboxylic acids is 2. The van der Waals surface area contributed by atoms with Gasteiger partial charge in [0.15, 0.2) is 6.10 Å². The molecule has 2 aliphatic rings. The number of amides is 2. The highest BCUT2D eigenvalue weighted by Gasteiger charge is 2.34. The lowest BCUT2D eigenvalue weighted by Gasteiger charge is -2.35. The van der Waals surface area contributed by atoms with Crippen molar-refractivity contribution in [2.24, 2.45) is 0 Å². The molecule has 2 amide bonds. The van der Waals surface area contributed by atoms with E-state index in [1.807, 2.05) is 23.1 Å². The zero-order chi connectivity index (χ0) is 19.7. The van der Waals surface area contributed by atoms with E-state index in [2.05, 4.69) is 16.3 Å². The average Bonchev–Trinajstić information content (AvgIpc) is 3.22. The number of benzene rings is 1. The van der Waals surface area contributed by atoms with Gasteiger partial charge in [-0.25, -0.2) is 0 Å². The molecule has 1 fully saturated rings. The highest BCUT2D eigenvalue weighted by molar-refractivity contribution is 5.95. The molecule has 1 aromatic carbocycles. The Morgan fingerprint density at radius 1 is 1.21 bits per heavy atom. The maximum Gasteiger partial charge on any atom is 0.256 e. The summed E-state index contributed by atoms with van der Waals surface area (Å²) in [7, 11) is 3.48. The first kappa shape index (κ1) is 18.7. The molecule has 1 aromatic heterocycles. The number of piperidine rings is 1. The molecule has 0 radical (unpaired) electrons. The summed E-state index contributed by atoms with van der Waals surface area (Å²) in [6, 6.07) is 8.04. The van der Waals surface area contributed by atoms with Crippen LogP contribution in [-0.4, -0.2) is 65.6 Å². The van der Waals surface area contributed by atoms with Gasteiger partial charge in [-0.05, 0) is 30.4 Å². The molecule has 3 heterocycles. The van der Waals surface area contributed by atoms with Crippen LogP contribution in [0.4, 0.5) is 0 Å². The molecular formula is C21H26N4O3. The summed E-state index contributed by atoms with van der Waals surface area (Å²) in [6.07, 6.45) is 3.55. The van der Waals surface area contributed by atoms with Crippen LogP contribution in [0.3, 0.4) is 0 Å². The summed E-state index contributed by atoms with van der Waals surface area (Å²) >= 11 is 0. The molecule has 1 N–H and O–H groups in total. The van der Waals surface area contributed by atoms with Gasteiger partial charge in [0, 0.05) is 33.1 Å². The zero-order valence-electron chi connectivity index (χ0n) is 16.4. The summed E-state index contributed by atoms with van der Waals surface area (Å²) in [5, 5.41) is 7.09. The molecule has 0 bridgehead atoms. The second-order valence-electron chi connectivity index (χ2n) is 7.70. The second-order valence-corrected chi connectivity index (χ2v) is 7.70. The largest absolute Gasteiger partial charge is 0.363 e. The van der Waals surface area contributed by atoms with Crippen LogP contribution in [0.2, 0.25) is 0 Å². The number of carbonyl (C=O) groups is 2. The van der Waals surface area contributed by atoms with Gasteiger partial charge in [0.05, 0.1) is 24.1 Å². The predicted molar refractivity (Wildman–Crippen MR) is 104 cm³/mol. The summed E-state index contributed by atoms with van der Waals surface area (Å²) in [5.74, 6) is 0.194. The third-order valence-electron chi connectivity index (χ3n) is 5.74. The summed E-state index contributed by atoms with van der Waals surface area (Å²) in [4.78, 5) is 28.9. The number of hydrogen-bond acceptors (Lipinski definition) is 4. The van der Waals surface area contributed by atoms with Gasteiger partial charge in [-0.1, -0.05) is 24.3 Å². The van der Waals surface area contributed by atoms with E-state index >= 15 is 0 Å². The van der Waals surface area contributed by atoms with Crippen molar-refractivity contribution in [3.63, 3.8) is 0 Å². The molecular weight excluding hydrogens is 356 g/mol. The molecule has 148 valence electrons. The van der Waals surface area contributed by atoms with Crippen molar-refractivity contribution in [1.29, 1.82) is 0 Å². The minimum atomic E-state index is -0.500. The van der Waals surface area contributed by atoms with Crippen LogP contribution in [0.5, 0.6) is 0 Å². The van der Waals surface area contributed by atoms with Crippen LogP contribution in [0.1, 0.15) is 52.0 Å². The van der Waals surface area contributed by atoms with E-state index in [1.54, 1.807) is 25.2 Å². The van der Waals surface area contributed by atoms with E-state index in [4.69, 9.17) is 4.74 Å². The van der Waals surface area contributed by atoms with Gasteiger partial charge in [-0.15, -0.1) is 0 Å². The monoisotopic (exact) mass is 382 g/mol. The number of fused-ring (bicyclic) bond motifs is 1. The summed E-state index contributed by atoms with van der Waals surface area (Å²) in [5.41, 5.74) is 3.70. The average molecular weight is 382 g/mol. The number of H-pyrrole nitrogens is 1. The van der Waals surface area contributed by atoms with Gasteiger partial charge in [0.2, 0.25) is 0 Å². The van der Waals surface area contributed by atoms with E-state index in [0.717, 1.165) is 30.5 Å². The maximum absolute atomic E-state index is 13.1. The molecule has 7 heteroatoms. The van der Waals surface area contributed by atoms with E-state index in [0.29, 0.717) is 25.3 Å². The molecule has 2 aliphatic heterocycles. The molecule has 0 saturated carbocycles. The Bertz CT molecular complexity index is 868. The highest BCUT2D eigenvalue weighted by atomic mass is 16.5. The van der Waals surface area contributed by atoms with Crippen molar-refractivity contribution < 1.29 is 14.3 Å². The van der Waals surface area contributed by atoms with Crippen LogP contribution < -0.4 is 0 Å². The van der Waals surface area contributed by atoms with Gasteiger partial charge in [-0.2, -0.15) is 5.10 Å². The molecule has 1 atom stereocenters. The normalized spacial score (nSPS) is 19.9. The number of nitrogens with one attached hydrogen (secondary N) is 1. The predicted octanol–water partition coefficient (Wildman–Crippen LogP) is 2.13. The molecule has 1 saturated heterocycles. The smallest absolute Gasteiger partial charge is 0.256 e. The van der Waals surface area contributed by atoms with E-state index in [1.165, 1.54) is 5.56 Å². The lowest BCUT2D eigenvalue weighted by atomic mass is 9.90. The number of aromatic amines is 1. The Morgan fingerprint density at radius 2 is 1.96 bits per heavy atom. The van der Waals surface area contributed by atoms with Crippen LogP contribution in [0.25, 0.3) is 0 Å². The van der Waals surface area contributed by atoms with Crippen LogP contribution in [0, 0.1) is 0 Å². The fraction of sp³-hybridized carbons (Fsp3) is 0.476. The van der Waals surface area contributed by atoms with Crippen molar-refractivity contribution in [2.75, 3.05) is 33.8 Å². The molecule has 0 unspecified atom stereocenters. The topological polar surface area (TPSA) is 78.5 Å². The van der Waals surface area contributed by atoms with E-state index in [9.17, 15) is 9.59 Å². The Hall–Kier alpha value is -2.67. The molecule has 4 rings (SSSR count). The number of hydrogen-bond donors (Lipinski definition) is 1. The molecule has 28 heavy (non-hydrogen) atoms. The minimum Gasteiger partial charge on any atom is -0.363 e. The Morgan fingerprint density at radius 3 is 2.71 bits per heavy atom. The Kier molecular flexibility index (Phi) is 5.17. The number of nitrogens with zero attached hydrogens (tertiary/aromatic N) is 3. The molecule has 0 aliphatic carbocycles. The van der Waals surface area contributed by atoms with Crippen molar-refractivity contribution in [1.82, 2.24) is 20.0 Å². The van der Waals surface area contributed by atoms with Crippen molar-refractivity contribution >= 4 is 11.8 Å². The van der Waals surface area contributed by atoms with Gasteiger partial charge in [0.25, 0.3) is 11.8 Å². The van der Waals surface area contributed by atoms with Crippen molar-refractivity contribution in [3.05, 3.63) is 52.8 Å². The van der Waals surface area contributed by atoms with Gasteiger partial charge in [-0.3, -0.25) is 14.7 Å². The zero-order valence-corrected chi connectivity index (χ0v) is 16.4. The first-order valence-electron chi connectivity index (χ1n) is 9.79. The number of aromatic nitrogens is 2. The summed E-state index contributed by atoms with van der Waals surface area (Å²) < 4.78 is 5.84. The van der Waals surface area contributed by atoms with Crippen LogP contribution in [0.15, 0.2) is 30.5 Å². The first-order valence-corrected chi connectivity index (χ1v) is 9.79. The number of likely N-dealkylation sites (tertiary alicyclic amines) is 1. The molecule has 2 aromatic rings. The van der Waals surface area contributed by atoms with Crippen molar-refractivity contribution in [3.8, 4) is 0 Å². The maximum atomic E-state index is 13.1. The van der Waals surface area contributed by atoms with Crippen molar-refractivity contribution in [2.45, 2.75) is 31.3 Å². The summed E-state index contributed by atoms with van der Waals surface area (Å²) in [6.45, 7) is 1.88. The highest BCUT2D eigenvalue weighted by Crippen LogP contribution is 2.33.